The molecule has 2 fully saturated rings. The monoisotopic (exact) mass is 563 g/mol. The first kappa shape index (κ1) is 32.3. The normalized spacial score (nSPS) is 23.8. The Hall–Kier alpha value is -1.91. The summed E-state index contributed by atoms with van der Waals surface area (Å²) in [6, 6.07) is 5.62. The zero-order valence-electron chi connectivity index (χ0n) is 20.6. The number of carboxylic acids is 2. The Bertz CT molecular complexity index is 1180. The molecule has 3 amide bonds. The summed E-state index contributed by atoms with van der Waals surface area (Å²) in [6.45, 7) is 0.839. The summed E-state index contributed by atoms with van der Waals surface area (Å²) >= 11 is 1.16. The van der Waals surface area contributed by atoms with Gasteiger partial charge in [-0.25, -0.2) is 0 Å². The Kier molecular flexibility index (Phi) is 11.4. The molecule has 0 bridgehead atoms. The largest absolute Gasteiger partial charge is 1.00 e. The Morgan fingerprint density at radius 1 is 1.13 bits per heavy atom. The van der Waals surface area contributed by atoms with Crippen molar-refractivity contribution >= 4 is 47.4 Å². The van der Waals surface area contributed by atoms with Crippen LogP contribution in [0.4, 0.5) is 0 Å². The number of ether oxygens (including phenoxy) is 2. The fourth-order valence-electron chi connectivity index (χ4n) is 3.87. The van der Waals surface area contributed by atoms with Gasteiger partial charge >= 0.3 is 65.1 Å². The van der Waals surface area contributed by atoms with E-state index in [2.05, 4.69) is 10.6 Å². The fraction of sp³-hybridized carbons (Fsp3) is 0.364. The van der Waals surface area contributed by atoms with E-state index >= 15 is 0 Å². The molecule has 0 saturated carbocycles. The predicted octanol–water partition coefficient (Wildman–Crippen LogP) is -9.66. The summed E-state index contributed by atoms with van der Waals surface area (Å²) in [4.78, 5) is 73.1. The van der Waals surface area contributed by atoms with Gasteiger partial charge in [-0.15, -0.1) is 11.8 Å². The second kappa shape index (κ2) is 13.4. The molecule has 2 N–H and O–H groups in total. The van der Waals surface area contributed by atoms with Crippen LogP contribution in [0.15, 0.2) is 41.6 Å². The number of carboxylic acid groups (broad SMARTS) is 2. The van der Waals surface area contributed by atoms with Gasteiger partial charge in [-0.2, -0.15) is 0 Å². The Balaban J connectivity index is 0.00000253. The van der Waals surface area contributed by atoms with Crippen molar-refractivity contribution in [2.45, 2.75) is 36.6 Å². The van der Waals surface area contributed by atoms with Crippen molar-refractivity contribution in [2.24, 2.45) is 0 Å². The van der Waals surface area contributed by atoms with Gasteiger partial charge in [-0.05, 0) is 5.56 Å². The summed E-state index contributed by atoms with van der Waals surface area (Å²) in [7, 11) is 0. The van der Waals surface area contributed by atoms with Crippen molar-refractivity contribution in [3.8, 4) is 0 Å². The van der Waals surface area contributed by atoms with E-state index in [0.717, 1.165) is 23.6 Å². The second-order valence-electron chi connectivity index (χ2n) is 8.06. The summed E-state index contributed by atoms with van der Waals surface area (Å²) in [5.41, 5.74) is 0.126. The van der Waals surface area contributed by atoms with Gasteiger partial charge in [0.05, 0.1) is 17.6 Å². The molecule has 16 heteroatoms. The van der Waals surface area contributed by atoms with Gasteiger partial charge in [-0.3, -0.25) is 24.1 Å². The van der Waals surface area contributed by atoms with Crippen LogP contribution in [0.25, 0.3) is 0 Å². The molecule has 1 aromatic carbocycles. The molecule has 3 heterocycles. The van der Waals surface area contributed by atoms with Crippen molar-refractivity contribution in [1.29, 1.82) is 0 Å². The van der Waals surface area contributed by atoms with Gasteiger partial charge in [-0.1, -0.05) is 30.3 Å². The number of nitrogens with zero attached hydrogens (tertiary/aromatic N) is 1. The van der Waals surface area contributed by atoms with Crippen LogP contribution in [0.1, 0.15) is 18.5 Å². The average Bonchev–Trinajstić information content (AvgIpc) is 3.65. The SMILES string of the molecule is CC(=O)OCC1=C(C(=O)[O-])N2C(=O)[C@@H](NC(=O)C(NC(=O)[C@@H]3O[C@@H]3C(=O)[O-])c3ccccc3)[C@H]2SC1.[Na+].[Na+]. The average molecular weight is 563 g/mol. The number of hydrogen-bond acceptors (Lipinski definition) is 11. The number of carbonyl (C=O) groups excluding carboxylic acids is 6. The molecular weight excluding hydrogens is 544 g/mol. The first-order chi connectivity index (χ1) is 17.1. The van der Waals surface area contributed by atoms with E-state index in [-0.39, 0.29) is 77.0 Å². The predicted molar refractivity (Wildman–Crippen MR) is 115 cm³/mol. The maximum absolute atomic E-state index is 13.1. The second-order valence-corrected chi connectivity index (χ2v) is 9.17. The van der Waals surface area contributed by atoms with Crippen LogP contribution >= 0.6 is 11.8 Å². The minimum atomic E-state index is -1.62. The summed E-state index contributed by atoms with van der Waals surface area (Å²) < 4.78 is 9.63. The van der Waals surface area contributed by atoms with Crippen molar-refractivity contribution in [3.05, 3.63) is 47.2 Å². The third-order valence-electron chi connectivity index (χ3n) is 5.65. The first-order valence-corrected chi connectivity index (χ1v) is 11.7. The zero-order chi connectivity index (χ0) is 26.1. The molecule has 1 unspecified atom stereocenters. The van der Waals surface area contributed by atoms with Gasteiger partial charge in [0.25, 0.3) is 11.8 Å². The smallest absolute Gasteiger partial charge is 0.547 e. The van der Waals surface area contributed by atoms with Gasteiger partial charge in [0.15, 0.2) is 6.10 Å². The Labute approximate surface area is 264 Å². The number of esters is 1. The summed E-state index contributed by atoms with van der Waals surface area (Å²) in [6.07, 6.45) is -2.73. The number of thioether (sulfide) groups is 1. The van der Waals surface area contributed by atoms with E-state index in [1.807, 2.05) is 0 Å². The summed E-state index contributed by atoms with van der Waals surface area (Å²) in [5, 5.41) is 26.8. The molecule has 5 atom stereocenters. The molecule has 0 aliphatic carbocycles. The van der Waals surface area contributed by atoms with Crippen LogP contribution in [-0.4, -0.2) is 76.5 Å². The van der Waals surface area contributed by atoms with E-state index < -0.39 is 71.0 Å². The standard InChI is InChI=1S/C22H21N3O10S.2Na/c1-9(26)34-7-11-8-36-20-13(19(29)25(20)14(11)21(30)31)24-17(27)12(10-5-3-2-4-6-10)23-18(28)15-16(35-15)22(32)33;;/h2-6,12-13,15-16,20H,7-8H2,1H3,(H,23,28)(H,24,27)(H,30,31)(H,32,33);;/q;2*+1/p-2/t12?,13-,15-,16+,20-;;/m1../s1. The molecule has 38 heavy (non-hydrogen) atoms. The maximum atomic E-state index is 13.1. The van der Waals surface area contributed by atoms with Gasteiger partial charge in [0.2, 0.25) is 5.91 Å². The molecule has 0 spiro atoms. The molecule has 190 valence electrons. The van der Waals surface area contributed by atoms with Gasteiger partial charge < -0.3 is 39.9 Å². The minimum Gasteiger partial charge on any atom is -0.547 e. The van der Waals surface area contributed by atoms with Crippen molar-refractivity contribution < 1.29 is 108 Å². The topological polar surface area (TPSA) is 198 Å². The number of hydrogen-bond donors (Lipinski definition) is 2. The van der Waals surface area contributed by atoms with Gasteiger partial charge in [0.1, 0.15) is 30.2 Å². The molecule has 13 nitrogen and oxygen atoms in total. The fourth-order valence-corrected chi connectivity index (χ4v) is 5.20. The number of rotatable bonds is 9. The van der Waals surface area contributed by atoms with Crippen LogP contribution in [0.3, 0.4) is 0 Å². The summed E-state index contributed by atoms with van der Waals surface area (Å²) in [5.74, 6) is -6.04. The molecule has 0 radical (unpaired) electrons. The van der Waals surface area contributed by atoms with E-state index in [4.69, 9.17) is 9.47 Å². The molecule has 1 aromatic rings. The van der Waals surface area contributed by atoms with E-state index in [1.54, 1.807) is 30.3 Å². The number of β-lactam (4-membered cyclic amide) rings is 1. The third kappa shape index (κ3) is 6.80. The molecule has 3 aliphatic rings. The molecule has 0 aromatic heterocycles. The van der Waals surface area contributed by atoms with Crippen LogP contribution in [0, 0.1) is 0 Å². The number of epoxide rings is 1. The van der Waals surface area contributed by atoms with E-state index in [1.165, 1.54) is 0 Å². The number of fused-ring (bicyclic) bond motifs is 1. The number of benzene rings is 1. The van der Waals surface area contributed by atoms with Crippen molar-refractivity contribution in [2.75, 3.05) is 12.4 Å². The Morgan fingerprint density at radius 3 is 2.34 bits per heavy atom. The number of aliphatic carboxylic acids is 2. The molecule has 3 aliphatic heterocycles. The zero-order valence-corrected chi connectivity index (χ0v) is 25.4. The van der Waals surface area contributed by atoms with Crippen LogP contribution in [-0.2, 0) is 38.2 Å². The van der Waals surface area contributed by atoms with Crippen molar-refractivity contribution in [1.82, 2.24) is 15.5 Å². The maximum Gasteiger partial charge on any atom is 1.00 e. The molecule has 4 rings (SSSR count). The number of nitrogens with one attached hydrogen (secondary N) is 2. The van der Waals surface area contributed by atoms with Crippen LogP contribution in [0.5, 0.6) is 0 Å². The van der Waals surface area contributed by atoms with E-state index in [0.29, 0.717) is 5.56 Å². The molecular formula is C22H19N3Na2O10S. The minimum absolute atomic E-state index is 0. The molecule has 2 saturated heterocycles. The number of carbonyl (C=O) groups is 6. The quantitative estimate of drug-likeness (QED) is 0.125. The van der Waals surface area contributed by atoms with Gasteiger partial charge in [0, 0.05) is 18.2 Å². The first-order valence-electron chi connectivity index (χ1n) is 10.6. The Morgan fingerprint density at radius 2 is 1.79 bits per heavy atom. The van der Waals surface area contributed by atoms with Crippen molar-refractivity contribution in [3.63, 3.8) is 0 Å². The van der Waals surface area contributed by atoms with E-state index in [9.17, 15) is 39.0 Å². The third-order valence-corrected chi connectivity index (χ3v) is 6.99. The van der Waals surface area contributed by atoms with Crippen LogP contribution < -0.4 is 80.0 Å². The van der Waals surface area contributed by atoms with Crippen LogP contribution in [0.2, 0.25) is 0 Å². The number of amides is 3.